The number of benzene rings is 1. The number of nitrogens with one attached hydrogen (secondary N) is 1. The highest BCUT2D eigenvalue weighted by Gasteiger charge is 2.26. The fraction of sp³-hybridized carbons (Fsp3) is 0.368. The molecule has 1 atom stereocenters. The van der Waals surface area contributed by atoms with Gasteiger partial charge in [-0.2, -0.15) is 0 Å². The standard InChI is InChI=1S/C19H22N2O4/c1-4-21-11(2)9-15(12(21)3)18(22)20-17(19(23)24)14-5-6-16-13(10-14)7-8-25-16/h5-6,9-10,17H,4,7-8H2,1-3H3,(H,20,22)(H,23,24). The van der Waals surface area contributed by atoms with Gasteiger partial charge in [0.15, 0.2) is 6.04 Å². The summed E-state index contributed by atoms with van der Waals surface area (Å²) in [6.45, 7) is 7.18. The van der Waals surface area contributed by atoms with E-state index < -0.39 is 12.0 Å². The molecule has 2 heterocycles. The lowest BCUT2D eigenvalue weighted by Gasteiger charge is -2.16. The average Bonchev–Trinajstić information content (AvgIpc) is 3.15. The fourth-order valence-corrected chi connectivity index (χ4v) is 3.40. The molecular formula is C19H22N2O4. The summed E-state index contributed by atoms with van der Waals surface area (Å²) in [5, 5.41) is 12.2. The van der Waals surface area contributed by atoms with Crippen LogP contribution in [0.5, 0.6) is 5.75 Å². The van der Waals surface area contributed by atoms with Crippen molar-refractivity contribution in [1.82, 2.24) is 9.88 Å². The Morgan fingerprint density at radius 3 is 2.72 bits per heavy atom. The minimum atomic E-state index is -1.09. The molecule has 2 aromatic rings. The summed E-state index contributed by atoms with van der Waals surface area (Å²) in [7, 11) is 0. The highest BCUT2D eigenvalue weighted by atomic mass is 16.5. The van der Waals surface area contributed by atoms with Crippen molar-refractivity contribution < 1.29 is 19.4 Å². The largest absolute Gasteiger partial charge is 0.493 e. The normalized spacial score (nSPS) is 13.9. The smallest absolute Gasteiger partial charge is 0.330 e. The number of carbonyl (C=O) groups excluding carboxylic acids is 1. The van der Waals surface area contributed by atoms with Crippen LogP contribution in [-0.4, -0.2) is 28.2 Å². The van der Waals surface area contributed by atoms with Crippen molar-refractivity contribution in [3.8, 4) is 5.75 Å². The Bertz CT molecular complexity index is 838. The first-order valence-electron chi connectivity index (χ1n) is 8.38. The number of aryl methyl sites for hydroxylation is 1. The summed E-state index contributed by atoms with van der Waals surface area (Å²) < 4.78 is 7.48. The zero-order valence-corrected chi connectivity index (χ0v) is 14.6. The number of carboxylic acids is 1. The summed E-state index contributed by atoms with van der Waals surface area (Å²) in [6.07, 6.45) is 0.751. The highest BCUT2D eigenvalue weighted by molar-refractivity contribution is 5.98. The number of amides is 1. The number of rotatable bonds is 5. The van der Waals surface area contributed by atoms with Gasteiger partial charge in [0.05, 0.1) is 12.2 Å². The van der Waals surface area contributed by atoms with Crippen molar-refractivity contribution in [2.24, 2.45) is 0 Å². The van der Waals surface area contributed by atoms with E-state index in [0.717, 1.165) is 35.7 Å². The van der Waals surface area contributed by atoms with Crippen LogP contribution in [0.3, 0.4) is 0 Å². The molecule has 0 saturated heterocycles. The molecule has 0 spiro atoms. The number of ether oxygens (including phenoxy) is 1. The third-order valence-corrected chi connectivity index (χ3v) is 4.70. The van der Waals surface area contributed by atoms with Crippen LogP contribution in [0.2, 0.25) is 0 Å². The maximum atomic E-state index is 12.7. The van der Waals surface area contributed by atoms with Crippen molar-refractivity contribution in [1.29, 1.82) is 0 Å². The van der Waals surface area contributed by atoms with Gasteiger partial charge in [0, 0.05) is 24.4 Å². The van der Waals surface area contributed by atoms with Gasteiger partial charge in [-0.05, 0) is 50.1 Å². The van der Waals surface area contributed by atoms with E-state index in [1.165, 1.54) is 0 Å². The predicted molar refractivity (Wildman–Crippen MR) is 93.1 cm³/mol. The molecule has 0 bridgehead atoms. The number of hydrogen-bond acceptors (Lipinski definition) is 3. The average molecular weight is 342 g/mol. The number of aliphatic carboxylic acids is 1. The summed E-state index contributed by atoms with van der Waals surface area (Å²) in [5.74, 6) is -0.681. The van der Waals surface area contributed by atoms with E-state index in [1.54, 1.807) is 24.3 Å². The lowest BCUT2D eigenvalue weighted by atomic mass is 10.0. The molecular weight excluding hydrogens is 320 g/mol. The summed E-state index contributed by atoms with van der Waals surface area (Å²) in [6, 6.07) is 5.96. The molecule has 25 heavy (non-hydrogen) atoms. The fourth-order valence-electron chi connectivity index (χ4n) is 3.40. The van der Waals surface area contributed by atoms with Crippen LogP contribution in [-0.2, 0) is 17.8 Å². The van der Waals surface area contributed by atoms with Crippen LogP contribution in [0, 0.1) is 13.8 Å². The van der Waals surface area contributed by atoms with E-state index in [9.17, 15) is 14.7 Å². The van der Waals surface area contributed by atoms with E-state index >= 15 is 0 Å². The molecule has 1 amide bonds. The topological polar surface area (TPSA) is 80.6 Å². The number of aromatic nitrogens is 1. The van der Waals surface area contributed by atoms with E-state index in [1.807, 2.05) is 25.3 Å². The minimum absolute atomic E-state index is 0.378. The highest BCUT2D eigenvalue weighted by Crippen LogP contribution is 2.28. The van der Waals surface area contributed by atoms with Crippen LogP contribution in [0.25, 0.3) is 0 Å². The molecule has 132 valence electrons. The lowest BCUT2D eigenvalue weighted by molar-refractivity contribution is -0.139. The maximum absolute atomic E-state index is 12.7. The van der Waals surface area contributed by atoms with E-state index in [0.29, 0.717) is 17.7 Å². The second-order valence-corrected chi connectivity index (χ2v) is 6.24. The number of hydrogen-bond donors (Lipinski definition) is 2. The molecule has 0 radical (unpaired) electrons. The Labute approximate surface area is 146 Å². The van der Waals surface area contributed by atoms with Gasteiger partial charge in [-0.15, -0.1) is 0 Å². The Morgan fingerprint density at radius 1 is 1.32 bits per heavy atom. The van der Waals surface area contributed by atoms with Gasteiger partial charge in [-0.1, -0.05) is 6.07 Å². The second-order valence-electron chi connectivity index (χ2n) is 6.24. The SMILES string of the molecule is CCn1c(C)cc(C(=O)NC(C(=O)O)c2ccc3c(c2)CCO3)c1C. The predicted octanol–water partition coefficient (Wildman–Crippen LogP) is 2.62. The van der Waals surface area contributed by atoms with Crippen molar-refractivity contribution in [3.05, 3.63) is 52.3 Å². The van der Waals surface area contributed by atoms with Crippen molar-refractivity contribution in [2.75, 3.05) is 6.61 Å². The summed E-state index contributed by atoms with van der Waals surface area (Å²) in [5.41, 5.74) is 3.85. The van der Waals surface area contributed by atoms with Gasteiger partial charge in [0.1, 0.15) is 5.75 Å². The first kappa shape index (κ1) is 17.1. The van der Waals surface area contributed by atoms with Crippen molar-refractivity contribution >= 4 is 11.9 Å². The Kier molecular flexibility index (Phi) is 4.53. The van der Waals surface area contributed by atoms with Crippen LogP contribution in [0.1, 0.15) is 45.8 Å². The third kappa shape index (κ3) is 3.12. The summed E-state index contributed by atoms with van der Waals surface area (Å²) >= 11 is 0. The number of nitrogens with zero attached hydrogens (tertiary/aromatic N) is 1. The van der Waals surface area contributed by atoms with Crippen LogP contribution in [0.4, 0.5) is 0 Å². The van der Waals surface area contributed by atoms with Crippen LogP contribution >= 0.6 is 0 Å². The molecule has 1 aromatic carbocycles. The van der Waals surface area contributed by atoms with E-state index in [4.69, 9.17) is 4.74 Å². The van der Waals surface area contributed by atoms with Gasteiger partial charge in [-0.3, -0.25) is 4.79 Å². The molecule has 2 N–H and O–H groups in total. The van der Waals surface area contributed by atoms with Gasteiger partial charge < -0.3 is 19.7 Å². The van der Waals surface area contributed by atoms with Gasteiger partial charge in [-0.25, -0.2) is 4.79 Å². The quantitative estimate of drug-likeness (QED) is 0.875. The van der Waals surface area contributed by atoms with Gasteiger partial charge in [0.2, 0.25) is 0 Å². The minimum Gasteiger partial charge on any atom is -0.493 e. The zero-order valence-electron chi connectivity index (χ0n) is 14.6. The lowest BCUT2D eigenvalue weighted by Crippen LogP contribution is -2.34. The molecule has 0 saturated carbocycles. The monoisotopic (exact) mass is 342 g/mol. The zero-order chi connectivity index (χ0) is 18.1. The van der Waals surface area contributed by atoms with E-state index in [2.05, 4.69) is 5.32 Å². The van der Waals surface area contributed by atoms with Crippen LogP contribution < -0.4 is 10.1 Å². The third-order valence-electron chi connectivity index (χ3n) is 4.70. The number of carbonyl (C=O) groups is 2. The second kappa shape index (κ2) is 6.63. The first-order chi connectivity index (χ1) is 11.9. The maximum Gasteiger partial charge on any atom is 0.330 e. The molecule has 0 fully saturated rings. The van der Waals surface area contributed by atoms with Gasteiger partial charge >= 0.3 is 5.97 Å². The number of fused-ring (bicyclic) bond motifs is 1. The Morgan fingerprint density at radius 2 is 2.08 bits per heavy atom. The van der Waals surface area contributed by atoms with Crippen LogP contribution in [0.15, 0.2) is 24.3 Å². The molecule has 1 aliphatic rings. The molecule has 3 rings (SSSR count). The van der Waals surface area contributed by atoms with Crippen molar-refractivity contribution in [2.45, 2.75) is 39.8 Å². The molecule has 1 aromatic heterocycles. The molecule has 0 aliphatic carbocycles. The van der Waals surface area contributed by atoms with Crippen molar-refractivity contribution in [3.63, 3.8) is 0 Å². The molecule has 1 unspecified atom stereocenters. The van der Waals surface area contributed by atoms with Gasteiger partial charge in [0.25, 0.3) is 5.91 Å². The molecule has 6 heteroatoms. The first-order valence-corrected chi connectivity index (χ1v) is 8.38. The molecule has 6 nitrogen and oxygen atoms in total. The Balaban J connectivity index is 1.87. The Hall–Kier alpha value is -2.76. The van der Waals surface area contributed by atoms with E-state index in [-0.39, 0.29) is 5.91 Å². The number of carboxylic acid groups (broad SMARTS) is 1. The summed E-state index contributed by atoms with van der Waals surface area (Å²) in [4.78, 5) is 24.4. The molecule has 1 aliphatic heterocycles.